The lowest BCUT2D eigenvalue weighted by Crippen LogP contribution is -2.14. The van der Waals surface area contributed by atoms with E-state index in [1.54, 1.807) is 0 Å². The summed E-state index contributed by atoms with van der Waals surface area (Å²) in [6.45, 7) is 1.88. The van der Waals surface area contributed by atoms with Gasteiger partial charge in [0.25, 0.3) is 0 Å². The van der Waals surface area contributed by atoms with E-state index in [1.807, 2.05) is 6.92 Å². The monoisotopic (exact) mass is 167 g/mol. The van der Waals surface area contributed by atoms with Crippen LogP contribution in [0.5, 0.6) is 0 Å². The summed E-state index contributed by atoms with van der Waals surface area (Å²) in [4.78, 5) is 9.94. The van der Waals surface area contributed by atoms with Gasteiger partial charge in [0, 0.05) is 12.5 Å². The third kappa shape index (κ3) is 10.7. The zero-order valence-corrected chi connectivity index (χ0v) is 6.86. The van der Waals surface area contributed by atoms with E-state index < -0.39 is 5.97 Å². The largest absolute Gasteiger partial charge is 0.481 e. The molecule has 0 aliphatic rings. The van der Waals surface area contributed by atoms with E-state index in [0.717, 1.165) is 6.42 Å². The molecular formula is C6H14ClNO2. The van der Waals surface area contributed by atoms with Crippen LogP contribution in [0, 0.1) is 0 Å². The number of halogens is 1. The number of aliphatic carboxylic acids is 1. The third-order valence-electron chi connectivity index (χ3n) is 1.05. The fourth-order valence-corrected chi connectivity index (χ4v) is 0.575. The van der Waals surface area contributed by atoms with E-state index in [9.17, 15) is 4.79 Å². The zero-order valence-electron chi connectivity index (χ0n) is 6.04. The van der Waals surface area contributed by atoms with Gasteiger partial charge in [-0.15, -0.1) is 12.4 Å². The molecule has 0 aliphatic carbocycles. The van der Waals surface area contributed by atoms with Crippen molar-refractivity contribution in [3.05, 3.63) is 0 Å². The summed E-state index contributed by atoms with van der Waals surface area (Å²) in [5, 5.41) is 8.19. The van der Waals surface area contributed by atoms with Crippen molar-refractivity contribution in [1.29, 1.82) is 0 Å². The highest BCUT2D eigenvalue weighted by molar-refractivity contribution is 5.85. The minimum Gasteiger partial charge on any atom is -0.481 e. The Labute approximate surface area is 67.0 Å². The summed E-state index contributed by atoms with van der Waals surface area (Å²) < 4.78 is 0. The molecule has 3 N–H and O–H groups in total. The van der Waals surface area contributed by atoms with Crippen LogP contribution in [0.25, 0.3) is 0 Å². The van der Waals surface area contributed by atoms with Crippen molar-refractivity contribution in [2.75, 3.05) is 0 Å². The highest BCUT2D eigenvalue weighted by Gasteiger charge is 1.97. The Kier molecular flexibility index (Phi) is 8.48. The fourth-order valence-electron chi connectivity index (χ4n) is 0.575. The van der Waals surface area contributed by atoms with Crippen molar-refractivity contribution in [1.82, 2.24) is 0 Å². The number of carboxylic acids is 1. The van der Waals surface area contributed by atoms with Crippen LogP contribution in [-0.4, -0.2) is 17.1 Å². The Morgan fingerprint density at radius 3 is 2.50 bits per heavy atom. The highest BCUT2D eigenvalue weighted by Crippen LogP contribution is 1.96. The van der Waals surface area contributed by atoms with Gasteiger partial charge in [-0.05, 0) is 19.8 Å². The van der Waals surface area contributed by atoms with Gasteiger partial charge in [0.2, 0.25) is 0 Å². The molecule has 0 fully saturated rings. The molecule has 0 aliphatic heterocycles. The van der Waals surface area contributed by atoms with Crippen LogP contribution in [0.4, 0.5) is 0 Å². The van der Waals surface area contributed by atoms with Crippen LogP contribution >= 0.6 is 12.4 Å². The van der Waals surface area contributed by atoms with Crippen LogP contribution in [0.3, 0.4) is 0 Å². The maximum absolute atomic E-state index is 9.94. The van der Waals surface area contributed by atoms with Crippen LogP contribution in [0.15, 0.2) is 0 Å². The molecule has 0 amide bonds. The number of nitrogens with two attached hydrogens (primary N) is 1. The molecule has 1 unspecified atom stereocenters. The third-order valence-corrected chi connectivity index (χ3v) is 1.05. The predicted molar refractivity (Wildman–Crippen MR) is 42.4 cm³/mol. The molecule has 0 heterocycles. The topological polar surface area (TPSA) is 63.3 Å². The first-order valence-corrected chi connectivity index (χ1v) is 3.10. The molecule has 0 aromatic rings. The van der Waals surface area contributed by atoms with Crippen LogP contribution in [0.2, 0.25) is 0 Å². The van der Waals surface area contributed by atoms with E-state index in [-0.39, 0.29) is 24.9 Å². The molecule has 10 heavy (non-hydrogen) atoms. The standard InChI is InChI=1S/C6H13NO2.ClH/c1-5(7)3-2-4-6(8)9;/h5H,2-4,7H2,1H3,(H,8,9);1H. The molecule has 0 aromatic carbocycles. The van der Waals surface area contributed by atoms with Gasteiger partial charge in [-0.2, -0.15) is 0 Å². The summed E-state index contributed by atoms with van der Waals surface area (Å²) in [5.74, 6) is -0.740. The first kappa shape index (κ1) is 12.4. The average molecular weight is 168 g/mol. The fraction of sp³-hybridized carbons (Fsp3) is 0.833. The van der Waals surface area contributed by atoms with Crippen molar-refractivity contribution < 1.29 is 9.90 Å². The first-order valence-electron chi connectivity index (χ1n) is 3.10. The van der Waals surface area contributed by atoms with Crippen LogP contribution in [-0.2, 0) is 4.79 Å². The molecule has 0 saturated carbocycles. The summed E-state index contributed by atoms with van der Waals surface area (Å²) in [5.41, 5.74) is 5.39. The SMILES string of the molecule is CC(N)CCCC(=O)O.Cl. The minimum atomic E-state index is -0.740. The Morgan fingerprint density at radius 2 is 2.20 bits per heavy atom. The first-order chi connectivity index (χ1) is 4.13. The van der Waals surface area contributed by atoms with Crippen molar-refractivity contribution >= 4 is 18.4 Å². The molecular weight excluding hydrogens is 154 g/mol. The number of hydrogen-bond donors (Lipinski definition) is 2. The Hall–Kier alpha value is -0.280. The molecule has 0 rings (SSSR count). The van der Waals surface area contributed by atoms with Gasteiger partial charge >= 0.3 is 5.97 Å². The summed E-state index contributed by atoms with van der Waals surface area (Å²) in [6.07, 6.45) is 1.72. The van der Waals surface area contributed by atoms with Gasteiger partial charge in [-0.1, -0.05) is 0 Å². The second kappa shape index (κ2) is 6.83. The molecule has 62 valence electrons. The number of carbonyl (C=O) groups is 1. The van der Waals surface area contributed by atoms with Crippen molar-refractivity contribution in [2.45, 2.75) is 32.2 Å². The van der Waals surface area contributed by atoms with Gasteiger partial charge in [0.1, 0.15) is 0 Å². The lowest BCUT2D eigenvalue weighted by atomic mass is 10.1. The van der Waals surface area contributed by atoms with E-state index in [0.29, 0.717) is 6.42 Å². The van der Waals surface area contributed by atoms with Crippen molar-refractivity contribution in [3.8, 4) is 0 Å². The quantitative estimate of drug-likeness (QED) is 0.657. The molecule has 0 saturated heterocycles. The molecule has 3 nitrogen and oxygen atoms in total. The van der Waals surface area contributed by atoms with E-state index >= 15 is 0 Å². The van der Waals surface area contributed by atoms with Gasteiger partial charge in [-0.3, -0.25) is 4.79 Å². The van der Waals surface area contributed by atoms with Gasteiger partial charge in [-0.25, -0.2) is 0 Å². The molecule has 0 radical (unpaired) electrons. The normalized spacial score (nSPS) is 11.8. The summed E-state index contributed by atoms with van der Waals surface area (Å²) >= 11 is 0. The number of rotatable bonds is 4. The second-order valence-electron chi connectivity index (χ2n) is 2.26. The molecule has 0 bridgehead atoms. The lowest BCUT2D eigenvalue weighted by molar-refractivity contribution is -0.137. The maximum Gasteiger partial charge on any atom is 0.303 e. The van der Waals surface area contributed by atoms with Gasteiger partial charge < -0.3 is 10.8 Å². The highest BCUT2D eigenvalue weighted by atomic mass is 35.5. The van der Waals surface area contributed by atoms with Crippen LogP contribution in [0.1, 0.15) is 26.2 Å². The maximum atomic E-state index is 9.94. The van der Waals surface area contributed by atoms with E-state index in [1.165, 1.54) is 0 Å². The van der Waals surface area contributed by atoms with Crippen LogP contribution < -0.4 is 5.73 Å². The molecule has 4 heteroatoms. The summed E-state index contributed by atoms with van der Waals surface area (Å²) in [6, 6.07) is 0.129. The van der Waals surface area contributed by atoms with E-state index in [2.05, 4.69) is 0 Å². The Morgan fingerprint density at radius 1 is 1.70 bits per heavy atom. The van der Waals surface area contributed by atoms with Crippen molar-refractivity contribution in [2.24, 2.45) is 5.73 Å². The molecule has 0 spiro atoms. The Bertz CT molecular complexity index is 95.7. The predicted octanol–water partition coefficient (Wildman–Crippen LogP) is 1.01. The zero-order chi connectivity index (χ0) is 7.28. The lowest BCUT2D eigenvalue weighted by Gasteiger charge is -2.00. The minimum absolute atomic E-state index is 0. The number of hydrogen-bond acceptors (Lipinski definition) is 2. The average Bonchev–Trinajstić information content (AvgIpc) is 1.63. The summed E-state index contributed by atoms with van der Waals surface area (Å²) in [7, 11) is 0. The smallest absolute Gasteiger partial charge is 0.303 e. The van der Waals surface area contributed by atoms with Gasteiger partial charge in [0.15, 0.2) is 0 Å². The molecule has 1 atom stereocenters. The van der Waals surface area contributed by atoms with Gasteiger partial charge in [0.05, 0.1) is 0 Å². The molecule has 0 aromatic heterocycles. The Balaban J connectivity index is 0. The van der Waals surface area contributed by atoms with E-state index in [4.69, 9.17) is 10.8 Å². The second-order valence-corrected chi connectivity index (χ2v) is 2.26. The van der Waals surface area contributed by atoms with Crippen molar-refractivity contribution in [3.63, 3.8) is 0 Å². The number of carboxylic acid groups (broad SMARTS) is 1.